The molecule has 0 amide bonds. The number of nitrogens with zero attached hydrogens (tertiary/aromatic N) is 5. The topological polar surface area (TPSA) is 94.8 Å². The minimum Gasteiger partial charge on any atom is -0.462 e. The Hall–Kier alpha value is -2.81. The lowest BCUT2D eigenvalue weighted by Gasteiger charge is -2.14. The molecule has 3 aromatic heterocycles. The van der Waals surface area contributed by atoms with E-state index in [0.717, 1.165) is 17.2 Å². The van der Waals surface area contributed by atoms with Crippen LogP contribution in [0.2, 0.25) is 0 Å². The molecular formula is C17H20N6O2S. The maximum atomic E-state index is 11.7. The Labute approximate surface area is 155 Å². The van der Waals surface area contributed by atoms with E-state index in [9.17, 15) is 4.79 Å². The van der Waals surface area contributed by atoms with Crippen molar-refractivity contribution < 1.29 is 9.53 Å². The normalized spacial score (nSPS) is 11.0. The lowest BCUT2D eigenvalue weighted by molar-refractivity contribution is 0.0532. The molecule has 3 aromatic rings. The van der Waals surface area contributed by atoms with Gasteiger partial charge in [-0.15, -0.1) is 0 Å². The molecule has 8 nitrogen and oxygen atoms in total. The third-order valence-electron chi connectivity index (χ3n) is 3.62. The molecule has 0 aliphatic heterocycles. The number of thiazole rings is 1. The van der Waals surface area contributed by atoms with Crippen LogP contribution in [-0.2, 0) is 4.74 Å². The van der Waals surface area contributed by atoms with Crippen molar-refractivity contribution in [1.82, 2.24) is 24.5 Å². The molecule has 0 aromatic carbocycles. The highest BCUT2D eigenvalue weighted by Crippen LogP contribution is 2.25. The van der Waals surface area contributed by atoms with Crippen molar-refractivity contribution in [2.45, 2.75) is 33.7 Å². The average Bonchev–Trinajstić information content (AvgIpc) is 3.22. The number of aryl methyl sites for hydroxylation is 1. The number of imidazole rings is 1. The molecule has 3 heterocycles. The monoisotopic (exact) mass is 372 g/mol. The van der Waals surface area contributed by atoms with E-state index in [1.165, 1.54) is 17.5 Å². The van der Waals surface area contributed by atoms with Gasteiger partial charge in [0.25, 0.3) is 0 Å². The molecule has 0 saturated heterocycles. The predicted molar refractivity (Wildman–Crippen MR) is 99.7 cm³/mol. The summed E-state index contributed by atoms with van der Waals surface area (Å²) >= 11 is 1.20. The van der Waals surface area contributed by atoms with Crippen LogP contribution in [0.4, 0.5) is 11.1 Å². The first kappa shape index (κ1) is 18.0. The summed E-state index contributed by atoms with van der Waals surface area (Å²) < 4.78 is 7.09. The largest absolute Gasteiger partial charge is 0.462 e. The molecule has 1 N–H and O–H groups in total. The van der Waals surface area contributed by atoms with Gasteiger partial charge in [-0.3, -0.25) is 0 Å². The first-order chi connectivity index (χ1) is 12.5. The Balaban J connectivity index is 1.84. The summed E-state index contributed by atoms with van der Waals surface area (Å²) in [5.41, 5.74) is 1.69. The number of esters is 1. The van der Waals surface area contributed by atoms with Gasteiger partial charge in [-0.1, -0.05) is 11.3 Å². The van der Waals surface area contributed by atoms with E-state index in [0.29, 0.717) is 22.6 Å². The SMILES string of the molecule is CCOC(=O)c1cnc(Nc2nccc(-c3cnc(C)n3C(C)C)n2)s1. The zero-order chi connectivity index (χ0) is 18.7. The van der Waals surface area contributed by atoms with Gasteiger partial charge in [-0.05, 0) is 33.8 Å². The Bertz CT molecular complexity index is 918. The van der Waals surface area contributed by atoms with Gasteiger partial charge in [-0.25, -0.2) is 24.7 Å². The summed E-state index contributed by atoms with van der Waals surface area (Å²) in [6, 6.07) is 2.11. The molecule has 0 aliphatic carbocycles. The van der Waals surface area contributed by atoms with E-state index >= 15 is 0 Å². The second-order valence-corrected chi connectivity index (χ2v) is 6.83. The van der Waals surface area contributed by atoms with Crippen molar-refractivity contribution in [3.63, 3.8) is 0 Å². The molecule has 0 unspecified atom stereocenters. The number of ether oxygens (including phenoxy) is 1. The standard InChI is InChI=1S/C17H20N6O2S/c1-5-25-15(24)14-9-20-17(26-14)22-16-18-7-6-12(21-16)13-8-19-11(4)23(13)10(2)3/h6-10H,5H2,1-4H3,(H,18,20,21,22). The van der Waals surface area contributed by atoms with Crippen LogP contribution in [0.25, 0.3) is 11.4 Å². The molecule has 0 radical (unpaired) electrons. The Morgan fingerprint density at radius 3 is 2.85 bits per heavy atom. The van der Waals surface area contributed by atoms with E-state index in [1.54, 1.807) is 13.1 Å². The average molecular weight is 372 g/mol. The summed E-state index contributed by atoms with van der Waals surface area (Å²) in [5, 5.41) is 3.56. The lowest BCUT2D eigenvalue weighted by Crippen LogP contribution is -2.06. The third-order valence-corrected chi connectivity index (χ3v) is 4.51. The number of carbonyl (C=O) groups excluding carboxylic acids is 1. The minimum atomic E-state index is -0.385. The van der Waals surface area contributed by atoms with Gasteiger partial charge in [0.1, 0.15) is 10.7 Å². The Morgan fingerprint density at radius 2 is 2.12 bits per heavy atom. The zero-order valence-corrected chi connectivity index (χ0v) is 15.9. The highest BCUT2D eigenvalue weighted by atomic mass is 32.1. The fourth-order valence-corrected chi connectivity index (χ4v) is 3.28. The second kappa shape index (κ2) is 7.61. The summed E-state index contributed by atoms with van der Waals surface area (Å²) in [6.45, 7) is 8.26. The van der Waals surface area contributed by atoms with Gasteiger partial charge in [0.05, 0.1) is 30.4 Å². The zero-order valence-electron chi connectivity index (χ0n) is 15.1. The van der Waals surface area contributed by atoms with Gasteiger partial charge in [0.15, 0.2) is 5.13 Å². The van der Waals surface area contributed by atoms with Crippen molar-refractivity contribution in [2.75, 3.05) is 11.9 Å². The van der Waals surface area contributed by atoms with Crippen LogP contribution in [0.5, 0.6) is 0 Å². The second-order valence-electron chi connectivity index (χ2n) is 5.80. The Kier molecular flexibility index (Phi) is 5.27. The first-order valence-corrected chi connectivity index (χ1v) is 9.08. The fourth-order valence-electron chi connectivity index (χ4n) is 2.58. The quantitative estimate of drug-likeness (QED) is 0.660. The number of hydrogen-bond acceptors (Lipinski definition) is 8. The summed E-state index contributed by atoms with van der Waals surface area (Å²) in [6.07, 6.45) is 4.97. The van der Waals surface area contributed by atoms with Crippen LogP contribution >= 0.6 is 11.3 Å². The number of carbonyl (C=O) groups is 1. The van der Waals surface area contributed by atoms with Gasteiger partial charge in [0.2, 0.25) is 5.95 Å². The smallest absolute Gasteiger partial charge is 0.350 e. The molecule has 0 saturated carbocycles. The third kappa shape index (κ3) is 3.72. The van der Waals surface area contributed by atoms with Crippen LogP contribution in [0.15, 0.2) is 24.7 Å². The van der Waals surface area contributed by atoms with Gasteiger partial charge in [-0.2, -0.15) is 0 Å². The summed E-state index contributed by atoms with van der Waals surface area (Å²) in [5.74, 6) is 0.951. The first-order valence-electron chi connectivity index (χ1n) is 8.26. The molecule has 0 atom stereocenters. The van der Waals surface area contributed by atoms with Crippen LogP contribution in [-0.4, -0.2) is 37.1 Å². The number of aromatic nitrogens is 5. The predicted octanol–water partition coefficient (Wildman–Crippen LogP) is 3.61. The van der Waals surface area contributed by atoms with E-state index in [2.05, 4.69) is 43.7 Å². The molecular weight excluding hydrogens is 352 g/mol. The molecule has 3 rings (SSSR count). The minimum absolute atomic E-state index is 0.268. The van der Waals surface area contributed by atoms with Gasteiger partial charge in [0, 0.05) is 12.2 Å². The molecule has 136 valence electrons. The van der Waals surface area contributed by atoms with E-state index in [-0.39, 0.29) is 12.0 Å². The Morgan fingerprint density at radius 1 is 1.31 bits per heavy atom. The summed E-state index contributed by atoms with van der Waals surface area (Å²) in [4.78, 5) is 29.5. The molecule has 0 bridgehead atoms. The van der Waals surface area contributed by atoms with E-state index in [4.69, 9.17) is 4.74 Å². The molecule has 0 aliphatic rings. The maximum Gasteiger partial charge on any atom is 0.350 e. The van der Waals surface area contributed by atoms with Crippen LogP contribution < -0.4 is 5.32 Å². The summed E-state index contributed by atoms with van der Waals surface area (Å²) in [7, 11) is 0. The number of rotatable bonds is 6. The van der Waals surface area contributed by atoms with Crippen molar-refractivity contribution >= 4 is 28.4 Å². The van der Waals surface area contributed by atoms with Crippen molar-refractivity contribution in [3.05, 3.63) is 35.4 Å². The highest BCUT2D eigenvalue weighted by molar-refractivity contribution is 7.17. The van der Waals surface area contributed by atoms with Gasteiger partial charge < -0.3 is 14.6 Å². The van der Waals surface area contributed by atoms with Gasteiger partial charge >= 0.3 is 5.97 Å². The number of nitrogens with one attached hydrogen (secondary N) is 1. The van der Waals surface area contributed by atoms with Crippen LogP contribution in [0.1, 0.15) is 42.3 Å². The van der Waals surface area contributed by atoms with Crippen molar-refractivity contribution in [1.29, 1.82) is 0 Å². The van der Waals surface area contributed by atoms with Crippen molar-refractivity contribution in [3.8, 4) is 11.4 Å². The van der Waals surface area contributed by atoms with Crippen LogP contribution in [0.3, 0.4) is 0 Å². The molecule has 0 spiro atoms. The number of hydrogen-bond donors (Lipinski definition) is 1. The number of anilines is 2. The van der Waals surface area contributed by atoms with E-state index < -0.39 is 0 Å². The van der Waals surface area contributed by atoms with Crippen LogP contribution in [0, 0.1) is 6.92 Å². The molecule has 0 fully saturated rings. The van der Waals surface area contributed by atoms with Crippen molar-refractivity contribution in [2.24, 2.45) is 0 Å². The van der Waals surface area contributed by atoms with E-state index in [1.807, 2.05) is 19.2 Å². The lowest BCUT2D eigenvalue weighted by atomic mass is 10.3. The molecule has 9 heteroatoms. The maximum absolute atomic E-state index is 11.7. The molecule has 26 heavy (non-hydrogen) atoms. The fraction of sp³-hybridized carbons (Fsp3) is 0.353. The highest BCUT2D eigenvalue weighted by Gasteiger charge is 2.15.